The SMILES string of the molecule is CCCCCCCCCCCCCCCCCCNNCCCCCCCCCCCCCCCCCC.C[NH3+].[Cl-]. The first-order valence-electron chi connectivity index (χ1n) is 19.1. The Morgan fingerprint density at radius 2 is 0.415 bits per heavy atom. The fourth-order valence-corrected chi connectivity index (χ4v) is 5.70. The van der Waals surface area contributed by atoms with E-state index >= 15 is 0 Å². The summed E-state index contributed by atoms with van der Waals surface area (Å²) in [7, 11) is 1.75. The van der Waals surface area contributed by atoms with Gasteiger partial charge in [-0.15, -0.1) is 0 Å². The Labute approximate surface area is 267 Å². The topological polar surface area (TPSA) is 51.7 Å². The van der Waals surface area contributed by atoms with Crippen LogP contribution < -0.4 is 29.0 Å². The third kappa shape index (κ3) is 47.3. The molecule has 0 radical (unpaired) electrons. The quantitative estimate of drug-likeness (QED) is 0.0502. The van der Waals surface area contributed by atoms with Crippen LogP contribution in [-0.2, 0) is 0 Å². The van der Waals surface area contributed by atoms with Crippen molar-refractivity contribution < 1.29 is 18.1 Å². The van der Waals surface area contributed by atoms with E-state index in [0.717, 1.165) is 13.1 Å². The average Bonchev–Trinajstić information content (AvgIpc) is 2.98. The van der Waals surface area contributed by atoms with Crippen LogP contribution in [0.15, 0.2) is 0 Å². The van der Waals surface area contributed by atoms with Gasteiger partial charge in [-0.25, -0.2) is 0 Å². The van der Waals surface area contributed by atoms with Gasteiger partial charge in [-0.1, -0.05) is 206 Å². The zero-order valence-corrected chi connectivity index (χ0v) is 29.9. The van der Waals surface area contributed by atoms with E-state index in [2.05, 4.69) is 30.4 Å². The summed E-state index contributed by atoms with van der Waals surface area (Å²) in [6.07, 6.45) is 46.2. The second-order valence-electron chi connectivity index (χ2n) is 12.5. The molecule has 4 heteroatoms. The molecule has 0 fully saturated rings. The first-order chi connectivity index (χ1) is 19.9. The minimum atomic E-state index is 0. The van der Waals surface area contributed by atoms with Gasteiger partial charge >= 0.3 is 0 Å². The highest BCUT2D eigenvalue weighted by Crippen LogP contribution is 2.15. The third-order valence-corrected chi connectivity index (χ3v) is 8.44. The maximum atomic E-state index is 3.44. The molecule has 3 nitrogen and oxygen atoms in total. The van der Waals surface area contributed by atoms with Gasteiger partial charge in [0.2, 0.25) is 0 Å². The molecule has 0 spiro atoms. The van der Waals surface area contributed by atoms with Crippen LogP contribution in [0.1, 0.15) is 219 Å². The number of halogens is 1. The minimum absolute atomic E-state index is 0. The number of quaternary nitrogens is 1. The molecule has 0 aromatic carbocycles. The van der Waals surface area contributed by atoms with Crippen LogP contribution >= 0.6 is 0 Å². The van der Waals surface area contributed by atoms with Crippen molar-refractivity contribution in [3.63, 3.8) is 0 Å². The van der Waals surface area contributed by atoms with Gasteiger partial charge in [0, 0.05) is 13.1 Å². The van der Waals surface area contributed by atoms with Gasteiger partial charge in [-0.3, -0.25) is 10.9 Å². The van der Waals surface area contributed by atoms with Gasteiger partial charge < -0.3 is 18.1 Å². The molecule has 0 atom stereocenters. The first-order valence-corrected chi connectivity index (χ1v) is 19.1. The third-order valence-electron chi connectivity index (χ3n) is 8.44. The van der Waals surface area contributed by atoms with Gasteiger partial charge in [0.05, 0.1) is 7.05 Å². The fraction of sp³-hybridized carbons (Fsp3) is 1.00. The molecular formula is C37H82ClN3. The highest BCUT2D eigenvalue weighted by atomic mass is 35.5. The van der Waals surface area contributed by atoms with Crippen molar-refractivity contribution in [1.29, 1.82) is 0 Å². The molecule has 0 rings (SSSR count). The largest absolute Gasteiger partial charge is 1.00 e. The van der Waals surface area contributed by atoms with Crippen molar-refractivity contribution in [3.05, 3.63) is 0 Å². The highest BCUT2D eigenvalue weighted by molar-refractivity contribution is 4.53. The predicted molar refractivity (Wildman–Crippen MR) is 184 cm³/mol. The van der Waals surface area contributed by atoms with E-state index < -0.39 is 0 Å². The summed E-state index contributed by atoms with van der Waals surface area (Å²) < 4.78 is 0. The average molecular weight is 605 g/mol. The lowest BCUT2D eigenvalue weighted by atomic mass is 10.0. The van der Waals surface area contributed by atoms with Crippen LogP contribution in [0.4, 0.5) is 0 Å². The van der Waals surface area contributed by atoms with Gasteiger partial charge in [0.15, 0.2) is 0 Å². The molecule has 5 N–H and O–H groups in total. The van der Waals surface area contributed by atoms with Crippen LogP contribution in [-0.4, -0.2) is 20.1 Å². The first kappa shape index (κ1) is 45.6. The van der Waals surface area contributed by atoms with E-state index in [4.69, 9.17) is 0 Å². The van der Waals surface area contributed by atoms with E-state index in [1.165, 1.54) is 205 Å². The van der Waals surface area contributed by atoms with Crippen LogP contribution in [0.5, 0.6) is 0 Å². The van der Waals surface area contributed by atoms with E-state index in [9.17, 15) is 0 Å². The minimum Gasteiger partial charge on any atom is -1.00 e. The van der Waals surface area contributed by atoms with E-state index in [1.54, 1.807) is 7.05 Å². The van der Waals surface area contributed by atoms with E-state index in [-0.39, 0.29) is 12.4 Å². The number of rotatable bonds is 35. The highest BCUT2D eigenvalue weighted by Gasteiger charge is 1.96. The lowest BCUT2D eigenvalue weighted by Crippen LogP contribution is -3.00. The van der Waals surface area contributed by atoms with Crippen LogP contribution in [0.25, 0.3) is 0 Å². The predicted octanol–water partition coefficient (Wildman–Crippen LogP) is 8.47. The van der Waals surface area contributed by atoms with Crippen molar-refractivity contribution in [3.8, 4) is 0 Å². The summed E-state index contributed by atoms with van der Waals surface area (Å²) >= 11 is 0. The zero-order chi connectivity index (χ0) is 29.5. The Balaban J connectivity index is -0.00000470. The molecule has 0 unspecified atom stereocenters. The molecule has 0 bridgehead atoms. The van der Waals surface area contributed by atoms with Gasteiger partial charge in [0.1, 0.15) is 0 Å². The molecular weight excluding hydrogens is 522 g/mol. The summed E-state index contributed by atoms with van der Waals surface area (Å²) in [5, 5.41) is 0. The lowest BCUT2D eigenvalue weighted by Gasteiger charge is -2.07. The number of hydrazine groups is 1. The summed E-state index contributed by atoms with van der Waals surface area (Å²) in [5.74, 6) is 0. The Kier molecular flexibility index (Phi) is 52.4. The molecule has 0 saturated heterocycles. The zero-order valence-electron chi connectivity index (χ0n) is 29.1. The van der Waals surface area contributed by atoms with Gasteiger partial charge in [-0.05, 0) is 12.8 Å². The van der Waals surface area contributed by atoms with Gasteiger partial charge in [0.25, 0.3) is 0 Å². The molecule has 0 aliphatic carbocycles. The lowest BCUT2D eigenvalue weighted by molar-refractivity contribution is -0.325. The Morgan fingerprint density at radius 1 is 0.268 bits per heavy atom. The summed E-state index contributed by atoms with van der Waals surface area (Å²) in [4.78, 5) is 0. The molecule has 0 aromatic heterocycles. The van der Waals surface area contributed by atoms with Crippen LogP contribution in [0, 0.1) is 0 Å². The van der Waals surface area contributed by atoms with Crippen molar-refractivity contribution in [1.82, 2.24) is 10.9 Å². The van der Waals surface area contributed by atoms with Crippen molar-refractivity contribution in [2.24, 2.45) is 0 Å². The fourth-order valence-electron chi connectivity index (χ4n) is 5.70. The second-order valence-corrected chi connectivity index (χ2v) is 12.5. The van der Waals surface area contributed by atoms with E-state index in [1.807, 2.05) is 0 Å². The van der Waals surface area contributed by atoms with Crippen molar-refractivity contribution >= 4 is 0 Å². The maximum absolute atomic E-state index is 3.44. The Hall–Kier alpha value is 0.170. The smallest absolute Gasteiger partial charge is 0.0634 e. The monoisotopic (exact) mass is 604 g/mol. The molecule has 0 heterocycles. The number of hydrogen-bond donors (Lipinski definition) is 3. The molecule has 0 aliphatic heterocycles. The number of unbranched alkanes of at least 4 members (excludes halogenated alkanes) is 30. The second kappa shape index (κ2) is 47.1. The molecule has 0 amide bonds. The number of nitrogens with one attached hydrogen (secondary N) is 2. The normalized spacial score (nSPS) is 10.8. The van der Waals surface area contributed by atoms with Gasteiger partial charge in [-0.2, -0.15) is 0 Å². The molecule has 0 aromatic rings. The molecule has 41 heavy (non-hydrogen) atoms. The van der Waals surface area contributed by atoms with E-state index in [0.29, 0.717) is 0 Å². The summed E-state index contributed by atoms with van der Waals surface area (Å²) in [5.41, 5.74) is 10.1. The number of hydrogen-bond acceptors (Lipinski definition) is 2. The summed E-state index contributed by atoms with van der Waals surface area (Å²) in [6.45, 7) is 6.88. The molecule has 0 aliphatic rings. The maximum Gasteiger partial charge on any atom is 0.0634 e. The Morgan fingerprint density at radius 3 is 0.585 bits per heavy atom. The summed E-state index contributed by atoms with van der Waals surface area (Å²) in [6, 6.07) is 0. The standard InChI is InChI=1S/C36H76N2.CH5N.ClH/c1-3-5-7-9-11-13-15-17-19-21-23-25-27-29-31-33-35-37-38-36-34-32-30-28-26-24-22-20-18-16-14-12-10-8-6-4-2;1-2;/h37-38H,3-36H2,1-2H3;2H2,1H3;1H. The molecule has 252 valence electrons. The Bertz CT molecular complexity index is 358. The molecule has 0 saturated carbocycles. The van der Waals surface area contributed by atoms with Crippen molar-refractivity contribution in [2.45, 2.75) is 219 Å². The van der Waals surface area contributed by atoms with Crippen LogP contribution in [0.2, 0.25) is 0 Å². The van der Waals surface area contributed by atoms with Crippen LogP contribution in [0.3, 0.4) is 0 Å². The van der Waals surface area contributed by atoms with Crippen molar-refractivity contribution in [2.75, 3.05) is 20.1 Å².